The van der Waals surface area contributed by atoms with Gasteiger partial charge in [0.1, 0.15) is 29.5 Å². The van der Waals surface area contributed by atoms with Gasteiger partial charge in [0.15, 0.2) is 0 Å². The Morgan fingerprint density at radius 3 is 2.48 bits per heavy atom. The molecule has 4 aromatic rings. The summed E-state index contributed by atoms with van der Waals surface area (Å²) in [5.74, 6) is 0. The molecule has 0 aliphatic heterocycles. The third kappa shape index (κ3) is 7.02. The fraction of sp³-hybridized carbons (Fsp3) is 0.438. The number of nitrogens with zero attached hydrogens (tertiary/aromatic N) is 4. The van der Waals surface area contributed by atoms with Crippen LogP contribution < -0.4 is 5.32 Å². The first kappa shape index (κ1) is 30.2. The average molecular weight is 606 g/mol. The van der Waals surface area contributed by atoms with Gasteiger partial charge < -0.3 is 19.4 Å². The van der Waals surface area contributed by atoms with Crippen molar-refractivity contribution in [1.82, 2.24) is 24.8 Å². The maximum atomic E-state index is 12.7. The van der Waals surface area contributed by atoms with Crippen LogP contribution in [0.4, 0.5) is 4.79 Å². The van der Waals surface area contributed by atoms with Gasteiger partial charge in [-0.15, -0.1) is 0 Å². The number of amides is 1. The zero-order chi connectivity index (χ0) is 30.1. The van der Waals surface area contributed by atoms with Crippen LogP contribution in [0.1, 0.15) is 37.6 Å². The lowest BCUT2D eigenvalue weighted by atomic mass is 9.80. The van der Waals surface area contributed by atoms with E-state index in [0.29, 0.717) is 18.4 Å². The minimum absolute atomic E-state index is 0.355. The standard InChI is InChI=1S/C32H40ClN5O3Si/c1-31(2,3)41-30(39)34-19-32(17-22-9-7-8-10-23(22)18-32)26-15-24(16-27(33)37-26)28-25-11-12-38(29(25)36-20-35-28)21-40-13-14-42(4,5)6/h7-12,15-16,20H,13-14,17-19,21H2,1-6H3,(H,34,39). The molecule has 42 heavy (non-hydrogen) atoms. The molecule has 1 amide bonds. The number of fused-ring (bicyclic) bond motifs is 2. The summed E-state index contributed by atoms with van der Waals surface area (Å²) in [6, 6.07) is 15.4. The smallest absolute Gasteiger partial charge is 0.407 e. The van der Waals surface area contributed by atoms with E-state index in [0.717, 1.165) is 53.5 Å². The Labute approximate surface area is 253 Å². The second kappa shape index (κ2) is 11.8. The number of ether oxygens (including phenoxy) is 2. The van der Waals surface area contributed by atoms with Gasteiger partial charge in [0.25, 0.3) is 0 Å². The van der Waals surface area contributed by atoms with E-state index in [-0.39, 0.29) is 0 Å². The normalized spacial score (nSPS) is 14.6. The second-order valence-electron chi connectivity index (χ2n) is 13.4. The highest BCUT2D eigenvalue weighted by Crippen LogP contribution is 2.41. The molecular weight excluding hydrogens is 566 g/mol. The third-order valence-electron chi connectivity index (χ3n) is 7.54. The lowest BCUT2D eigenvalue weighted by Gasteiger charge is -2.30. The van der Waals surface area contributed by atoms with Crippen LogP contribution in [0.15, 0.2) is 55.0 Å². The zero-order valence-corrected chi connectivity index (χ0v) is 27.1. The Balaban J connectivity index is 1.47. The highest BCUT2D eigenvalue weighted by atomic mass is 35.5. The number of benzene rings is 1. The number of alkyl carbamates (subject to hydrolysis) is 1. The van der Waals surface area contributed by atoms with Crippen molar-refractivity contribution < 1.29 is 14.3 Å². The Morgan fingerprint density at radius 2 is 1.81 bits per heavy atom. The summed E-state index contributed by atoms with van der Waals surface area (Å²) < 4.78 is 13.6. The van der Waals surface area contributed by atoms with E-state index in [2.05, 4.69) is 53.1 Å². The number of nitrogens with one attached hydrogen (secondary N) is 1. The monoisotopic (exact) mass is 605 g/mol. The Bertz CT molecular complexity index is 1570. The molecule has 10 heteroatoms. The molecule has 3 aromatic heterocycles. The molecule has 1 N–H and O–H groups in total. The molecule has 0 saturated heterocycles. The number of carbonyl (C=O) groups excluding carboxylic acids is 1. The topological polar surface area (TPSA) is 91.2 Å². The third-order valence-corrected chi connectivity index (χ3v) is 9.44. The van der Waals surface area contributed by atoms with Gasteiger partial charge in [-0.3, -0.25) is 0 Å². The molecule has 0 bridgehead atoms. The summed E-state index contributed by atoms with van der Waals surface area (Å²) in [6.07, 6.45) is 4.55. The van der Waals surface area contributed by atoms with E-state index >= 15 is 0 Å². The van der Waals surface area contributed by atoms with Gasteiger partial charge in [-0.25, -0.2) is 19.7 Å². The molecule has 0 spiro atoms. The van der Waals surface area contributed by atoms with Gasteiger partial charge >= 0.3 is 6.09 Å². The largest absolute Gasteiger partial charge is 0.444 e. The van der Waals surface area contributed by atoms with Crippen LogP contribution in [0.3, 0.4) is 0 Å². The van der Waals surface area contributed by atoms with Crippen LogP contribution in [-0.4, -0.2) is 52.4 Å². The van der Waals surface area contributed by atoms with Crippen molar-refractivity contribution in [2.24, 2.45) is 0 Å². The van der Waals surface area contributed by atoms with Crippen LogP contribution in [0, 0.1) is 0 Å². The highest BCUT2D eigenvalue weighted by molar-refractivity contribution is 6.76. The number of hydrogen-bond donors (Lipinski definition) is 1. The number of halogens is 1. The van der Waals surface area contributed by atoms with Crippen molar-refractivity contribution in [3.8, 4) is 11.3 Å². The van der Waals surface area contributed by atoms with Crippen LogP contribution in [0.25, 0.3) is 22.3 Å². The van der Waals surface area contributed by atoms with Crippen molar-refractivity contribution in [1.29, 1.82) is 0 Å². The fourth-order valence-electron chi connectivity index (χ4n) is 5.43. The quantitative estimate of drug-likeness (QED) is 0.125. The van der Waals surface area contributed by atoms with Crippen LogP contribution in [-0.2, 0) is 34.5 Å². The van der Waals surface area contributed by atoms with Crippen molar-refractivity contribution in [3.63, 3.8) is 0 Å². The Kier molecular flexibility index (Phi) is 8.47. The summed E-state index contributed by atoms with van der Waals surface area (Å²) in [5.41, 5.74) is 4.62. The van der Waals surface area contributed by atoms with Gasteiger partial charge in [-0.1, -0.05) is 55.5 Å². The summed E-state index contributed by atoms with van der Waals surface area (Å²) >= 11 is 6.69. The molecule has 8 nitrogen and oxygen atoms in total. The minimum Gasteiger partial charge on any atom is -0.444 e. The van der Waals surface area contributed by atoms with Crippen LogP contribution in [0.2, 0.25) is 30.8 Å². The van der Waals surface area contributed by atoms with E-state index in [1.54, 1.807) is 6.33 Å². The number of hydrogen-bond acceptors (Lipinski definition) is 6. The Morgan fingerprint density at radius 1 is 1.10 bits per heavy atom. The van der Waals surface area contributed by atoms with E-state index in [1.165, 1.54) is 11.1 Å². The van der Waals surface area contributed by atoms with Crippen molar-refractivity contribution >= 4 is 36.8 Å². The maximum Gasteiger partial charge on any atom is 0.407 e. The SMILES string of the molecule is CC(C)(C)OC(=O)NCC1(c2cc(-c3ncnc4c3ccn4COCC[Si](C)(C)C)cc(Cl)n2)Cc2ccccc2C1. The van der Waals surface area contributed by atoms with Crippen molar-refractivity contribution in [2.75, 3.05) is 13.2 Å². The number of carbonyl (C=O) groups is 1. The van der Waals surface area contributed by atoms with Gasteiger partial charge in [-0.2, -0.15) is 0 Å². The molecule has 5 rings (SSSR count). The molecular formula is C32H40ClN5O3Si. The minimum atomic E-state index is -1.17. The highest BCUT2D eigenvalue weighted by Gasteiger charge is 2.41. The first-order valence-corrected chi connectivity index (χ1v) is 18.5. The molecule has 1 aromatic carbocycles. The van der Waals surface area contributed by atoms with Crippen LogP contribution >= 0.6 is 11.6 Å². The maximum absolute atomic E-state index is 12.7. The lowest BCUT2D eigenvalue weighted by molar-refractivity contribution is 0.0514. The molecule has 0 unspecified atom stereocenters. The molecule has 3 heterocycles. The average Bonchev–Trinajstić information content (AvgIpc) is 3.50. The Hall–Kier alpha value is -3.27. The van der Waals surface area contributed by atoms with E-state index in [9.17, 15) is 4.79 Å². The first-order chi connectivity index (χ1) is 19.8. The zero-order valence-electron chi connectivity index (χ0n) is 25.3. The first-order valence-electron chi connectivity index (χ1n) is 14.4. The van der Waals surface area contributed by atoms with Crippen molar-refractivity contribution in [3.05, 3.63) is 77.0 Å². The molecule has 0 saturated carbocycles. The number of aromatic nitrogens is 4. The van der Waals surface area contributed by atoms with Crippen LogP contribution in [0.5, 0.6) is 0 Å². The van der Waals surface area contributed by atoms with E-state index < -0.39 is 25.2 Å². The molecule has 0 atom stereocenters. The van der Waals surface area contributed by atoms with Crippen molar-refractivity contribution in [2.45, 2.75) is 77.0 Å². The van der Waals surface area contributed by atoms with E-state index in [4.69, 9.17) is 26.1 Å². The number of pyridine rings is 1. The second-order valence-corrected chi connectivity index (χ2v) is 19.4. The van der Waals surface area contributed by atoms with Gasteiger partial charge in [0.2, 0.25) is 0 Å². The molecule has 1 aliphatic carbocycles. The number of rotatable bonds is 9. The van der Waals surface area contributed by atoms with E-state index in [1.807, 2.05) is 55.8 Å². The summed E-state index contributed by atoms with van der Waals surface area (Å²) in [7, 11) is -1.17. The molecule has 0 radical (unpaired) electrons. The van der Waals surface area contributed by atoms with Gasteiger partial charge in [0.05, 0.1) is 11.4 Å². The summed E-state index contributed by atoms with van der Waals surface area (Å²) in [6.45, 7) is 14.1. The molecule has 1 aliphatic rings. The van der Waals surface area contributed by atoms with Gasteiger partial charge in [-0.05, 0) is 69.0 Å². The summed E-state index contributed by atoms with van der Waals surface area (Å²) in [5, 5.41) is 4.30. The predicted octanol–water partition coefficient (Wildman–Crippen LogP) is 7.02. The molecule has 0 fully saturated rings. The lowest BCUT2D eigenvalue weighted by Crippen LogP contribution is -2.44. The van der Waals surface area contributed by atoms with Gasteiger partial charge in [0, 0.05) is 43.8 Å². The summed E-state index contributed by atoms with van der Waals surface area (Å²) in [4.78, 5) is 26.7. The predicted molar refractivity (Wildman–Crippen MR) is 170 cm³/mol. The molecule has 222 valence electrons. The fourth-order valence-corrected chi connectivity index (χ4v) is 6.40.